The number of aryl methyl sites for hydroxylation is 5. The molecule has 4 aromatic rings. The Morgan fingerprint density at radius 3 is 1.45 bits per heavy atom. The Morgan fingerprint density at radius 1 is 0.633 bits per heavy atom. The van der Waals surface area contributed by atoms with Gasteiger partial charge in [-0.3, -0.25) is 0 Å². The maximum Gasteiger partial charge on any atom is 0.0560 e. The van der Waals surface area contributed by atoms with Gasteiger partial charge < -0.3 is 9.80 Å². The van der Waals surface area contributed by atoms with E-state index in [9.17, 15) is 0 Å². The highest BCUT2D eigenvalue weighted by molar-refractivity contribution is 5.82. The van der Waals surface area contributed by atoms with Crippen LogP contribution in [0.5, 0.6) is 0 Å². The molecule has 258 valence electrons. The summed E-state index contributed by atoms with van der Waals surface area (Å²) in [5, 5.41) is 0. The maximum atomic E-state index is 2.58. The van der Waals surface area contributed by atoms with Crippen molar-refractivity contribution in [3.05, 3.63) is 136 Å². The van der Waals surface area contributed by atoms with E-state index in [1.807, 2.05) is 0 Å². The molecule has 1 aliphatic rings. The van der Waals surface area contributed by atoms with Crippen LogP contribution in [-0.4, -0.2) is 6.04 Å². The van der Waals surface area contributed by atoms with Crippen LogP contribution >= 0.6 is 0 Å². The van der Waals surface area contributed by atoms with Gasteiger partial charge in [0.25, 0.3) is 0 Å². The molecule has 1 atom stereocenters. The molecular weight excluding hydrogens is 593 g/mol. The third-order valence-corrected chi connectivity index (χ3v) is 10.3. The molecule has 0 heterocycles. The quantitative estimate of drug-likeness (QED) is 0.187. The van der Waals surface area contributed by atoms with Crippen LogP contribution in [0, 0.1) is 33.6 Å². The van der Waals surface area contributed by atoms with Crippen molar-refractivity contribution in [1.82, 2.24) is 0 Å². The van der Waals surface area contributed by atoms with E-state index in [4.69, 9.17) is 0 Å². The number of allylic oxidation sites excluding steroid dienone is 2. The average Bonchev–Trinajstić information content (AvgIpc) is 3.04. The summed E-state index contributed by atoms with van der Waals surface area (Å²) in [6.45, 7) is 29.7. The predicted molar refractivity (Wildman–Crippen MR) is 216 cm³/mol. The minimum absolute atomic E-state index is 0.0901. The molecule has 1 unspecified atom stereocenters. The van der Waals surface area contributed by atoms with Crippen molar-refractivity contribution in [3.63, 3.8) is 0 Å². The van der Waals surface area contributed by atoms with E-state index >= 15 is 0 Å². The maximum absolute atomic E-state index is 2.58. The zero-order chi connectivity index (χ0) is 35.8. The largest absolute Gasteiger partial charge is 0.334 e. The molecule has 1 aliphatic carbocycles. The topological polar surface area (TPSA) is 6.48 Å². The fourth-order valence-corrected chi connectivity index (χ4v) is 7.29. The minimum atomic E-state index is 0.0901. The SMILES string of the molecule is CCc1ccc(N(c2ccc(N(c3c(C)cc(C(C)(C)C)cc3C)C3C=CC(C(C)C)=CC3)cc2)c2c(C)cc(C(C)(C)C)cc2C)cc1. The molecular formula is C47H60N2. The van der Waals surface area contributed by atoms with Gasteiger partial charge in [0.2, 0.25) is 0 Å². The van der Waals surface area contributed by atoms with Gasteiger partial charge in [-0.2, -0.15) is 0 Å². The van der Waals surface area contributed by atoms with Crippen LogP contribution in [0.15, 0.2) is 96.6 Å². The lowest BCUT2D eigenvalue weighted by atomic mass is 9.84. The van der Waals surface area contributed by atoms with E-state index in [0.29, 0.717) is 5.92 Å². The van der Waals surface area contributed by atoms with E-state index < -0.39 is 0 Å². The van der Waals surface area contributed by atoms with E-state index in [-0.39, 0.29) is 16.9 Å². The molecule has 0 aromatic heterocycles. The number of rotatable bonds is 8. The van der Waals surface area contributed by atoms with Gasteiger partial charge in [-0.1, -0.05) is 117 Å². The molecule has 5 rings (SSSR count). The summed E-state index contributed by atoms with van der Waals surface area (Å²) in [6.07, 6.45) is 9.23. The molecule has 49 heavy (non-hydrogen) atoms. The summed E-state index contributed by atoms with van der Waals surface area (Å²) < 4.78 is 0. The van der Waals surface area contributed by atoms with Crippen LogP contribution in [-0.2, 0) is 17.3 Å². The summed E-state index contributed by atoms with van der Waals surface area (Å²) in [5.41, 5.74) is 17.1. The second-order valence-electron chi connectivity index (χ2n) is 16.7. The second kappa shape index (κ2) is 14.1. The fourth-order valence-electron chi connectivity index (χ4n) is 7.29. The van der Waals surface area contributed by atoms with Crippen LogP contribution < -0.4 is 9.80 Å². The Balaban J connectivity index is 1.65. The van der Waals surface area contributed by atoms with Gasteiger partial charge in [0, 0.05) is 22.7 Å². The standard InChI is InChI=1S/C47H60N2/c1-14-36-15-19-40(20-16-36)48(44-32(4)27-38(28-33(44)5)46(8,9)10)42-23-25-43(26-24-42)49(41-21-17-37(18-22-41)31(2)3)45-34(6)29-39(30-35(45)7)47(11,12)13/h15-21,23-31,41H,14,22H2,1-13H3. The predicted octanol–water partition coefficient (Wildman–Crippen LogP) is 13.6. The van der Waals surface area contributed by atoms with Crippen molar-refractivity contribution in [2.24, 2.45) is 5.92 Å². The lowest BCUT2D eigenvalue weighted by molar-refractivity contribution is 0.589. The zero-order valence-electron chi connectivity index (χ0n) is 32.6. The third kappa shape index (κ3) is 7.75. The van der Waals surface area contributed by atoms with Crippen LogP contribution in [0.2, 0.25) is 0 Å². The van der Waals surface area contributed by atoms with Crippen molar-refractivity contribution in [2.75, 3.05) is 9.80 Å². The number of anilines is 5. The summed E-state index contributed by atoms with van der Waals surface area (Å²) in [4.78, 5) is 5.04. The monoisotopic (exact) mass is 652 g/mol. The highest BCUT2D eigenvalue weighted by Gasteiger charge is 2.27. The van der Waals surface area contributed by atoms with Crippen LogP contribution in [0.25, 0.3) is 0 Å². The Bertz CT molecular complexity index is 1790. The van der Waals surface area contributed by atoms with Crippen LogP contribution in [0.3, 0.4) is 0 Å². The normalized spacial score (nSPS) is 15.1. The highest BCUT2D eigenvalue weighted by atomic mass is 15.2. The van der Waals surface area contributed by atoms with E-state index in [1.54, 1.807) is 0 Å². The molecule has 2 nitrogen and oxygen atoms in total. The van der Waals surface area contributed by atoms with Gasteiger partial charge in [-0.25, -0.2) is 0 Å². The second-order valence-corrected chi connectivity index (χ2v) is 16.7. The molecule has 0 spiro atoms. The molecule has 0 saturated heterocycles. The van der Waals surface area contributed by atoms with Crippen molar-refractivity contribution in [1.29, 1.82) is 0 Å². The number of hydrogen-bond donors (Lipinski definition) is 0. The number of nitrogens with zero attached hydrogens (tertiary/aromatic N) is 2. The van der Waals surface area contributed by atoms with Gasteiger partial charge >= 0.3 is 0 Å². The first-order valence-electron chi connectivity index (χ1n) is 18.4. The van der Waals surface area contributed by atoms with Crippen molar-refractivity contribution < 1.29 is 0 Å². The Hall–Kier alpha value is -4.04. The van der Waals surface area contributed by atoms with E-state index in [0.717, 1.165) is 12.8 Å². The summed E-state index contributed by atoms with van der Waals surface area (Å²) in [7, 11) is 0. The summed E-state index contributed by atoms with van der Waals surface area (Å²) in [5.74, 6) is 0.529. The smallest absolute Gasteiger partial charge is 0.0560 e. The minimum Gasteiger partial charge on any atom is -0.334 e. The lowest BCUT2D eigenvalue weighted by Gasteiger charge is -2.37. The molecule has 4 aromatic carbocycles. The molecule has 0 N–H and O–H groups in total. The van der Waals surface area contributed by atoms with Gasteiger partial charge in [-0.15, -0.1) is 0 Å². The van der Waals surface area contributed by atoms with Gasteiger partial charge in [-0.05, 0) is 138 Å². The third-order valence-electron chi connectivity index (χ3n) is 10.3. The molecule has 0 saturated carbocycles. The number of hydrogen-bond acceptors (Lipinski definition) is 2. The van der Waals surface area contributed by atoms with Crippen molar-refractivity contribution in [3.8, 4) is 0 Å². The van der Waals surface area contributed by atoms with Gasteiger partial charge in [0.05, 0.1) is 11.7 Å². The van der Waals surface area contributed by atoms with Crippen LogP contribution in [0.1, 0.15) is 108 Å². The molecule has 2 heteroatoms. The first kappa shape index (κ1) is 36.2. The summed E-state index contributed by atoms with van der Waals surface area (Å²) >= 11 is 0. The Labute approximate surface area is 298 Å². The molecule has 0 radical (unpaired) electrons. The van der Waals surface area contributed by atoms with Gasteiger partial charge in [0.1, 0.15) is 0 Å². The van der Waals surface area contributed by atoms with Crippen LogP contribution in [0.4, 0.5) is 28.4 Å². The zero-order valence-corrected chi connectivity index (χ0v) is 32.6. The molecule has 0 aliphatic heterocycles. The first-order chi connectivity index (χ1) is 23.0. The first-order valence-corrected chi connectivity index (χ1v) is 18.4. The number of benzene rings is 4. The van der Waals surface area contributed by atoms with E-state index in [1.165, 1.54) is 73.0 Å². The highest BCUT2D eigenvalue weighted by Crippen LogP contribution is 2.43. The summed E-state index contributed by atoms with van der Waals surface area (Å²) in [6, 6.07) is 28.2. The Morgan fingerprint density at radius 2 is 1.06 bits per heavy atom. The molecule has 0 amide bonds. The fraction of sp³-hybridized carbons (Fsp3) is 0.404. The van der Waals surface area contributed by atoms with Crippen molar-refractivity contribution in [2.45, 2.75) is 120 Å². The molecule has 0 fully saturated rings. The van der Waals surface area contributed by atoms with Gasteiger partial charge in [0.15, 0.2) is 0 Å². The molecule has 0 bridgehead atoms. The van der Waals surface area contributed by atoms with Crippen molar-refractivity contribution >= 4 is 28.4 Å². The Kier molecular flexibility index (Phi) is 10.4. The lowest BCUT2D eigenvalue weighted by Crippen LogP contribution is -2.32. The average molecular weight is 653 g/mol. The van der Waals surface area contributed by atoms with E-state index in [2.05, 4.69) is 191 Å².